The van der Waals surface area contributed by atoms with E-state index in [-0.39, 0.29) is 17.2 Å². The van der Waals surface area contributed by atoms with Crippen molar-refractivity contribution in [3.05, 3.63) is 70.5 Å². The summed E-state index contributed by atoms with van der Waals surface area (Å²) in [5, 5.41) is 9.42. The summed E-state index contributed by atoms with van der Waals surface area (Å²) in [5.41, 5.74) is 6.13. The van der Waals surface area contributed by atoms with Crippen LogP contribution in [0, 0.1) is 13.8 Å². The van der Waals surface area contributed by atoms with Crippen LogP contribution in [-0.4, -0.2) is 41.4 Å². The predicted molar refractivity (Wildman–Crippen MR) is 124 cm³/mol. The summed E-state index contributed by atoms with van der Waals surface area (Å²) in [5.74, 6) is 0.225. The third kappa shape index (κ3) is 3.58. The first-order chi connectivity index (χ1) is 15.4. The fourth-order valence-electron chi connectivity index (χ4n) is 4.71. The number of piperidine rings is 1. The van der Waals surface area contributed by atoms with Crippen LogP contribution in [0.3, 0.4) is 0 Å². The number of aromatic nitrogens is 2. The highest BCUT2D eigenvalue weighted by Gasteiger charge is 2.42. The van der Waals surface area contributed by atoms with Crippen molar-refractivity contribution in [2.45, 2.75) is 32.1 Å². The summed E-state index contributed by atoms with van der Waals surface area (Å²) in [4.78, 5) is 33.1. The Labute approximate surface area is 187 Å². The van der Waals surface area contributed by atoms with Gasteiger partial charge in [0.25, 0.3) is 11.8 Å². The molecule has 1 aromatic carbocycles. The molecule has 1 saturated heterocycles. The van der Waals surface area contributed by atoms with E-state index in [1.165, 1.54) is 0 Å². The van der Waals surface area contributed by atoms with E-state index in [0.29, 0.717) is 23.5 Å². The lowest BCUT2D eigenvalue weighted by Gasteiger charge is -2.40. The molecule has 32 heavy (non-hydrogen) atoms. The van der Waals surface area contributed by atoms with Crippen molar-refractivity contribution in [2.75, 3.05) is 25.0 Å². The molecule has 0 unspecified atom stereocenters. The molecule has 0 bridgehead atoms. The maximum absolute atomic E-state index is 12.7. The minimum atomic E-state index is -0.199. The SMILES string of the molecule is Cc1ccc(C(=O)Nc2cc(-c3cc4c([nH]3)[C@@]3(CCCNC3)CNC4=O)ccn2)cc1C. The van der Waals surface area contributed by atoms with Gasteiger partial charge in [0.05, 0.1) is 5.56 Å². The number of nitrogens with one attached hydrogen (secondary N) is 4. The van der Waals surface area contributed by atoms with E-state index in [1.54, 1.807) is 6.20 Å². The van der Waals surface area contributed by atoms with Gasteiger partial charge in [-0.1, -0.05) is 6.07 Å². The van der Waals surface area contributed by atoms with E-state index >= 15 is 0 Å². The molecule has 7 heteroatoms. The molecule has 2 aliphatic heterocycles. The van der Waals surface area contributed by atoms with Crippen molar-refractivity contribution in [2.24, 2.45) is 0 Å². The monoisotopic (exact) mass is 429 g/mol. The van der Waals surface area contributed by atoms with Gasteiger partial charge in [0.2, 0.25) is 0 Å². The zero-order valence-corrected chi connectivity index (χ0v) is 18.3. The van der Waals surface area contributed by atoms with E-state index in [0.717, 1.165) is 54.0 Å². The number of pyridine rings is 1. The van der Waals surface area contributed by atoms with Gasteiger partial charge in [0.15, 0.2) is 0 Å². The number of H-pyrrole nitrogens is 1. The van der Waals surface area contributed by atoms with Gasteiger partial charge < -0.3 is 20.9 Å². The fraction of sp³-hybridized carbons (Fsp3) is 0.320. The van der Waals surface area contributed by atoms with E-state index in [9.17, 15) is 9.59 Å². The van der Waals surface area contributed by atoms with Gasteiger partial charge >= 0.3 is 0 Å². The average Bonchev–Trinajstić information content (AvgIpc) is 3.27. The van der Waals surface area contributed by atoms with E-state index in [1.807, 2.05) is 50.2 Å². The number of carbonyl (C=O) groups excluding carboxylic acids is 2. The van der Waals surface area contributed by atoms with Gasteiger partial charge in [0.1, 0.15) is 5.82 Å². The molecule has 7 nitrogen and oxygen atoms in total. The molecule has 0 saturated carbocycles. The number of amides is 2. The second kappa shape index (κ2) is 7.91. The summed E-state index contributed by atoms with van der Waals surface area (Å²) in [7, 11) is 0. The second-order valence-electron chi connectivity index (χ2n) is 8.90. The van der Waals surface area contributed by atoms with Crippen LogP contribution in [0.2, 0.25) is 0 Å². The number of hydrogen-bond donors (Lipinski definition) is 4. The maximum Gasteiger partial charge on any atom is 0.256 e. The number of aromatic amines is 1. The van der Waals surface area contributed by atoms with Gasteiger partial charge in [0, 0.05) is 47.2 Å². The summed E-state index contributed by atoms with van der Waals surface area (Å²) in [6.45, 7) is 6.49. The molecule has 164 valence electrons. The summed E-state index contributed by atoms with van der Waals surface area (Å²) >= 11 is 0. The Hall–Kier alpha value is -3.45. The van der Waals surface area contributed by atoms with Crippen LogP contribution in [-0.2, 0) is 5.41 Å². The lowest BCUT2D eigenvalue weighted by atomic mass is 9.74. The Balaban J connectivity index is 1.44. The highest BCUT2D eigenvalue weighted by molar-refractivity contribution is 6.04. The Bertz CT molecular complexity index is 1210. The molecule has 1 fully saturated rings. The Morgan fingerprint density at radius 2 is 1.97 bits per heavy atom. The molecule has 2 aromatic heterocycles. The van der Waals surface area contributed by atoms with Crippen LogP contribution in [0.1, 0.15) is 50.4 Å². The number of aryl methyl sites for hydroxylation is 2. The highest BCUT2D eigenvalue weighted by atomic mass is 16.2. The zero-order valence-electron chi connectivity index (χ0n) is 18.3. The lowest BCUT2D eigenvalue weighted by molar-refractivity contribution is 0.0915. The highest BCUT2D eigenvalue weighted by Crippen LogP contribution is 2.37. The van der Waals surface area contributed by atoms with Crippen molar-refractivity contribution in [3.63, 3.8) is 0 Å². The normalized spacial score (nSPS) is 20.0. The van der Waals surface area contributed by atoms with Gasteiger partial charge in [-0.2, -0.15) is 0 Å². The third-order valence-electron chi connectivity index (χ3n) is 6.73. The zero-order chi connectivity index (χ0) is 22.3. The number of hydrogen-bond acceptors (Lipinski definition) is 4. The number of fused-ring (bicyclic) bond motifs is 2. The first-order valence-corrected chi connectivity index (χ1v) is 11.0. The van der Waals surface area contributed by atoms with Gasteiger partial charge in [-0.05, 0) is 74.7 Å². The minimum absolute atomic E-state index is 0.0454. The van der Waals surface area contributed by atoms with E-state index in [4.69, 9.17) is 0 Å². The number of rotatable bonds is 3. The van der Waals surface area contributed by atoms with Crippen LogP contribution in [0.5, 0.6) is 0 Å². The lowest BCUT2D eigenvalue weighted by Crippen LogP contribution is -2.54. The Morgan fingerprint density at radius 1 is 1.09 bits per heavy atom. The molecular formula is C25H27N5O2. The molecule has 4 heterocycles. The summed E-state index contributed by atoms with van der Waals surface area (Å²) in [6, 6.07) is 11.3. The molecule has 2 aliphatic rings. The molecular weight excluding hydrogens is 402 g/mol. The number of anilines is 1. The van der Waals surface area contributed by atoms with Crippen LogP contribution >= 0.6 is 0 Å². The standard InChI is InChI=1S/C25H27N5O2/c1-15-4-5-18(10-16(15)2)23(31)30-21-11-17(6-9-27-21)20-12-19-22(29-20)25(14-28-24(19)32)7-3-8-26-13-25/h4-6,9-12,26,29H,3,7-8,13-14H2,1-2H3,(H,28,32)(H,27,30,31)/t25-/m1/s1. The number of benzene rings is 1. The second-order valence-corrected chi connectivity index (χ2v) is 8.90. The minimum Gasteiger partial charge on any atom is -0.357 e. The Kier molecular flexibility index (Phi) is 5.06. The van der Waals surface area contributed by atoms with E-state index < -0.39 is 0 Å². The van der Waals surface area contributed by atoms with Crippen molar-refractivity contribution >= 4 is 17.6 Å². The van der Waals surface area contributed by atoms with E-state index in [2.05, 4.69) is 25.9 Å². The van der Waals surface area contributed by atoms with Crippen LogP contribution in [0.15, 0.2) is 42.6 Å². The topological polar surface area (TPSA) is 98.9 Å². The van der Waals surface area contributed by atoms with Crippen LogP contribution < -0.4 is 16.0 Å². The van der Waals surface area contributed by atoms with Crippen molar-refractivity contribution in [1.29, 1.82) is 0 Å². The van der Waals surface area contributed by atoms with Crippen LogP contribution in [0.25, 0.3) is 11.3 Å². The third-order valence-corrected chi connectivity index (χ3v) is 6.73. The quantitative estimate of drug-likeness (QED) is 0.513. The van der Waals surface area contributed by atoms with Gasteiger partial charge in [-0.3, -0.25) is 9.59 Å². The Morgan fingerprint density at radius 3 is 2.75 bits per heavy atom. The smallest absolute Gasteiger partial charge is 0.256 e. The first kappa shape index (κ1) is 20.5. The van der Waals surface area contributed by atoms with Crippen molar-refractivity contribution in [1.82, 2.24) is 20.6 Å². The van der Waals surface area contributed by atoms with Crippen molar-refractivity contribution in [3.8, 4) is 11.3 Å². The van der Waals surface area contributed by atoms with Gasteiger partial charge in [-0.25, -0.2) is 4.98 Å². The molecule has 1 spiro atoms. The molecule has 4 N–H and O–H groups in total. The fourth-order valence-corrected chi connectivity index (χ4v) is 4.71. The predicted octanol–water partition coefficient (Wildman–Crippen LogP) is 3.31. The molecule has 2 amide bonds. The number of carbonyl (C=O) groups is 2. The largest absolute Gasteiger partial charge is 0.357 e. The van der Waals surface area contributed by atoms with Crippen molar-refractivity contribution < 1.29 is 9.59 Å². The summed E-state index contributed by atoms with van der Waals surface area (Å²) < 4.78 is 0. The first-order valence-electron chi connectivity index (χ1n) is 11.0. The molecule has 0 aliphatic carbocycles. The molecule has 5 rings (SSSR count). The average molecular weight is 430 g/mol. The summed E-state index contributed by atoms with van der Waals surface area (Å²) in [6.07, 6.45) is 3.78. The molecule has 1 atom stereocenters. The van der Waals surface area contributed by atoms with Gasteiger partial charge in [-0.15, -0.1) is 0 Å². The molecule has 0 radical (unpaired) electrons. The molecule has 3 aromatic rings. The van der Waals surface area contributed by atoms with Crippen LogP contribution in [0.4, 0.5) is 5.82 Å². The maximum atomic E-state index is 12.7. The number of nitrogens with zero attached hydrogens (tertiary/aromatic N) is 1.